The molecule has 1 aliphatic heterocycles. The number of amides is 1. The number of hydrogen-bond acceptors (Lipinski definition) is 2. The summed E-state index contributed by atoms with van der Waals surface area (Å²) in [7, 11) is 0. The summed E-state index contributed by atoms with van der Waals surface area (Å²) in [5, 5.41) is 0. The third kappa shape index (κ3) is 4.13. The molecule has 1 heterocycles. The van der Waals surface area contributed by atoms with Crippen LogP contribution in [0.3, 0.4) is 0 Å². The van der Waals surface area contributed by atoms with Crippen molar-refractivity contribution in [2.75, 3.05) is 19.6 Å². The van der Waals surface area contributed by atoms with Crippen molar-refractivity contribution >= 4 is 18.3 Å². The van der Waals surface area contributed by atoms with Crippen molar-refractivity contribution in [1.29, 1.82) is 0 Å². The number of halogens is 1. The molecule has 4 heteroatoms. The van der Waals surface area contributed by atoms with Gasteiger partial charge in [-0.2, -0.15) is 0 Å². The van der Waals surface area contributed by atoms with Crippen molar-refractivity contribution in [3.8, 4) is 0 Å². The van der Waals surface area contributed by atoms with Gasteiger partial charge in [-0.05, 0) is 38.0 Å². The summed E-state index contributed by atoms with van der Waals surface area (Å²) in [5.41, 5.74) is 5.61. The Bertz CT molecular complexity index is 276. The van der Waals surface area contributed by atoms with Crippen LogP contribution >= 0.6 is 12.4 Å². The molecule has 1 aliphatic rings. The molecule has 0 bridgehead atoms. The van der Waals surface area contributed by atoms with Crippen LogP contribution < -0.4 is 5.73 Å². The largest absolute Gasteiger partial charge is 0.342 e. The lowest BCUT2D eigenvalue weighted by Gasteiger charge is -2.41. The molecule has 0 unspecified atom stereocenters. The van der Waals surface area contributed by atoms with Crippen LogP contribution in [0.1, 0.15) is 47.5 Å². The zero-order valence-electron chi connectivity index (χ0n) is 12.5. The lowest BCUT2D eigenvalue weighted by Crippen LogP contribution is -2.48. The highest BCUT2D eigenvalue weighted by Gasteiger charge is 2.35. The molecule has 3 nitrogen and oxygen atoms in total. The van der Waals surface area contributed by atoms with E-state index >= 15 is 0 Å². The van der Waals surface area contributed by atoms with Crippen molar-refractivity contribution in [3.63, 3.8) is 0 Å². The molecule has 0 aliphatic carbocycles. The van der Waals surface area contributed by atoms with E-state index in [1.807, 2.05) is 18.7 Å². The number of carbonyl (C=O) groups is 1. The molecule has 0 aromatic rings. The molecule has 0 aromatic carbocycles. The van der Waals surface area contributed by atoms with Gasteiger partial charge < -0.3 is 10.6 Å². The maximum atomic E-state index is 12.3. The summed E-state index contributed by atoms with van der Waals surface area (Å²) >= 11 is 0. The SMILES string of the molecule is CC(C)(CN)C(=O)N1CCC(C(C)(C)C)CC1.Cl. The van der Waals surface area contributed by atoms with Crippen molar-refractivity contribution in [2.24, 2.45) is 22.5 Å². The molecule has 0 atom stereocenters. The Morgan fingerprint density at radius 2 is 1.61 bits per heavy atom. The molecule has 1 amide bonds. The normalized spacial score (nSPS) is 18.4. The molecule has 0 aromatic heterocycles. The van der Waals surface area contributed by atoms with Crippen LogP contribution in [-0.2, 0) is 4.79 Å². The third-order valence-corrected chi connectivity index (χ3v) is 4.10. The Kier molecular flexibility index (Phi) is 6.15. The van der Waals surface area contributed by atoms with Crippen LogP contribution in [0.25, 0.3) is 0 Å². The van der Waals surface area contributed by atoms with Crippen LogP contribution in [0.5, 0.6) is 0 Å². The molecule has 0 radical (unpaired) electrons. The van der Waals surface area contributed by atoms with Gasteiger partial charge in [0.1, 0.15) is 0 Å². The average Bonchev–Trinajstić information content (AvgIpc) is 2.27. The molecule has 1 rings (SSSR count). The van der Waals surface area contributed by atoms with E-state index in [1.165, 1.54) is 0 Å². The van der Waals surface area contributed by atoms with Crippen LogP contribution in [0.4, 0.5) is 0 Å². The quantitative estimate of drug-likeness (QED) is 0.843. The van der Waals surface area contributed by atoms with E-state index in [1.54, 1.807) is 0 Å². The Morgan fingerprint density at radius 1 is 1.17 bits per heavy atom. The first-order chi connectivity index (χ1) is 7.68. The smallest absolute Gasteiger partial charge is 0.229 e. The van der Waals surface area contributed by atoms with E-state index in [2.05, 4.69) is 20.8 Å². The second kappa shape index (κ2) is 6.25. The van der Waals surface area contributed by atoms with Gasteiger partial charge >= 0.3 is 0 Å². The number of carbonyl (C=O) groups excluding carboxylic acids is 1. The molecular weight excluding hydrogens is 248 g/mol. The van der Waals surface area contributed by atoms with E-state index < -0.39 is 5.41 Å². The lowest BCUT2D eigenvalue weighted by atomic mass is 9.75. The Morgan fingerprint density at radius 3 is 1.94 bits per heavy atom. The highest BCUT2D eigenvalue weighted by Crippen LogP contribution is 2.35. The van der Waals surface area contributed by atoms with E-state index in [0.29, 0.717) is 12.0 Å². The fraction of sp³-hybridized carbons (Fsp3) is 0.929. The molecule has 2 N–H and O–H groups in total. The summed E-state index contributed by atoms with van der Waals surface area (Å²) in [6.07, 6.45) is 2.24. The predicted octanol–water partition coefficient (Wildman–Crippen LogP) is 2.68. The zero-order valence-corrected chi connectivity index (χ0v) is 13.3. The van der Waals surface area contributed by atoms with Crippen molar-refractivity contribution in [3.05, 3.63) is 0 Å². The van der Waals surface area contributed by atoms with E-state index in [0.717, 1.165) is 31.8 Å². The lowest BCUT2D eigenvalue weighted by molar-refractivity contribution is -0.141. The molecule has 18 heavy (non-hydrogen) atoms. The van der Waals surface area contributed by atoms with Gasteiger partial charge in [0.2, 0.25) is 5.91 Å². The van der Waals surface area contributed by atoms with E-state index in [4.69, 9.17) is 5.73 Å². The molecule has 1 saturated heterocycles. The summed E-state index contributed by atoms with van der Waals surface area (Å²) < 4.78 is 0. The van der Waals surface area contributed by atoms with Gasteiger partial charge in [0.05, 0.1) is 5.41 Å². The highest BCUT2D eigenvalue weighted by molar-refractivity contribution is 5.85. The topological polar surface area (TPSA) is 46.3 Å². The maximum Gasteiger partial charge on any atom is 0.229 e. The Hall–Kier alpha value is -0.280. The van der Waals surface area contributed by atoms with Gasteiger partial charge in [-0.15, -0.1) is 12.4 Å². The summed E-state index contributed by atoms with van der Waals surface area (Å²) in [4.78, 5) is 14.2. The minimum Gasteiger partial charge on any atom is -0.342 e. The van der Waals surface area contributed by atoms with Crippen LogP contribution in [-0.4, -0.2) is 30.4 Å². The highest BCUT2D eigenvalue weighted by atomic mass is 35.5. The van der Waals surface area contributed by atoms with Gasteiger partial charge in [0.25, 0.3) is 0 Å². The first-order valence-corrected chi connectivity index (χ1v) is 6.68. The molecule has 0 spiro atoms. The molecule has 108 valence electrons. The monoisotopic (exact) mass is 276 g/mol. The van der Waals surface area contributed by atoms with Crippen LogP contribution in [0.15, 0.2) is 0 Å². The first-order valence-electron chi connectivity index (χ1n) is 6.68. The van der Waals surface area contributed by atoms with Gasteiger partial charge in [0, 0.05) is 19.6 Å². The predicted molar refractivity (Wildman–Crippen MR) is 78.8 cm³/mol. The molecule has 0 saturated carbocycles. The Balaban J connectivity index is 0.00000289. The fourth-order valence-corrected chi connectivity index (χ4v) is 2.46. The zero-order chi connectivity index (χ0) is 13.3. The average molecular weight is 277 g/mol. The number of likely N-dealkylation sites (tertiary alicyclic amines) is 1. The molecular formula is C14H29ClN2O. The second-order valence-electron chi connectivity index (χ2n) is 7.02. The third-order valence-electron chi connectivity index (χ3n) is 4.10. The van der Waals surface area contributed by atoms with Crippen molar-refractivity contribution in [2.45, 2.75) is 47.5 Å². The standard InChI is InChI=1S/C14H28N2O.ClH/c1-13(2,3)11-6-8-16(9-7-11)12(17)14(4,5)10-15;/h11H,6-10,15H2,1-5H3;1H. The number of hydrogen-bond donors (Lipinski definition) is 1. The van der Waals surface area contributed by atoms with Gasteiger partial charge in [-0.3, -0.25) is 4.79 Å². The number of nitrogens with two attached hydrogens (primary N) is 1. The Labute approximate surface area is 118 Å². The molecule has 1 fully saturated rings. The number of rotatable bonds is 2. The fourth-order valence-electron chi connectivity index (χ4n) is 2.46. The van der Waals surface area contributed by atoms with E-state index in [-0.39, 0.29) is 18.3 Å². The minimum atomic E-state index is -0.408. The number of piperidine rings is 1. The maximum absolute atomic E-state index is 12.3. The van der Waals surface area contributed by atoms with E-state index in [9.17, 15) is 4.79 Å². The summed E-state index contributed by atoms with van der Waals surface area (Å²) in [6, 6.07) is 0. The summed E-state index contributed by atoms with van der Waals surface area (Å²) in [6.45, 7) is 13.0. The van der Waals surface area contributed by atoms with Gasteiger partial charge in [0.15, 0.2) is 0 Å². The minimum absolute atomic E-state index is 0. The summed E-state index contributed by atoms with van der Waals surface area (Å²) in [5.74, 6) is 0.944. The van der Waals surface area contributed by atoms with Crippen molar-refractivity contribution < 1.29 is 4.79 Å². The van der Waals surface area contributed by atoms with Gasteiger partial charge in [-0.1, -0.05) is 20.8 Å². The second-order valence-corrected chi connectivity index (χ2v) is 7.02. The van der Waals surface area contributed by atoms with Crippen molar-refractivity contribution in [1.82, 2.24) is 4.90 Å². The van der Waals surface area contributed by atoms with Crippen LogP contribution in [0, 0.1) is 16.7 Å². The van der Waals surface area contributed by atoms with Gasteiger partial charge in [-0.25, -0.2) is 0 Å². The number of nitrogens with zero attached hydrogens (tertiary/aromatic N) is 1. The van der Waals surface area contributed by atoms with Crippen LogP contribution in [0.2, 0.25) is 0 Å². The first kappa shape index (κ1) is 17.7.